The molecule has 1 N–H and O–H groups in total. The van der Waals surface area contributed by atoms with Gasteiger partial charge >= 0.3 is 0 Å². The van der Waals surface area contributed by atoms with Crippen LogP contribution in [-0.4, -0.2) is 19.8 Å². The molecule has 3 heteroatoms. The first-order valence-corrected chi connectivity index (χ1v) is 7.67. The maximum atomic E-state index is 5.47. The molecule has 0 spiro atoms. The number of benzene rings is 1. The molecule has 0 radical (unpaired) electrons. The fraction of sp³-hybridized carbons (Fsp3) is 0.600. The highest BCUT2D eigenvalue weighted by Crippen LogP contribution is 2.30. The Kier molecular flexibility index (Phi) is 5.67. The van der Waals surface area contributed by atoms with Gasteiger partial charge in [-0.15, -0.1) is 0 Å². The average molecular weight is 312 g/mol. The van der Waals surface area contributed by atoms with Crippen molar-refractivity contribution in [2.75, 3.05) is 19.8 Å². The van der Waals surface area contributed by atoms with E-state index in [4.69, 9.17) is 4.74 Å². The second-order valence-electron chi connectivity index (χ2n) is 4.93. The highest BCUT2D eigenvalue weighted by atomic mass is 79.9. The molecular formula is C15H22BrNO. The Morgan fingerprint density at radius 1 is 1.28 bits per heavy atom. The smallest absolute Gasteiger partial charge is 0.0469 e. The van der Waals surface area contributed by atoms with Gasteiger partial charge in [0.15, 0.2) is 0 Å². The third kappa shape index (κ3) is 3.81. The Bertz CT molecular complexity index is 346. The first-order chi connectivity index (χ1) is 8.81. The lowest BCUT2D eigenvalue weighted by Gasteiger charge is -2.31. The van der Waals surface area contributed by atoms with E-state index in [2.05, 4.69) is 52.4 Å². The van der Waals surface area contributed by atoms with E-state index in [9.17, 15) is 0 Å². The van der Waals surface area contributed by atoms with Gasteiger partial charge in [0, 0.05) is 23.7 Å². The van der Waals surface area contributed by atoms with Crippen LogP contribution in [0.15, 0.2) is 28.7 Å². The summed E-state index contributed by atoms with van der Waals surface area (Å²) in [4.78, 5) is 0. The van der Waals surface area contributed by atoms with Crippen LogP contribution in [0.1, 0.15) is 37.8 Å². The van der Waals surface area contributed by atoms with Gasteiger partial charge in [-0.05, 0) is 49.4 Å². The van der Waals surface area contributed by atoms with Crippen LogP contribution in [0.4, 0.5) is 0 Å². The second kappa shape index (κ2) is 7.27. The zero-order valence-corrected chi connectivity index (χ0v) is 12.6. The molecule has 1 unspecified atom stereocenters. The molecule has 0 aromatic heterocycles. The van der Waals surface area contributed by atoms with Crippen LogP contribution >= 0.6 is 15.9 Å². The monoisotopic (exact) mass is 311 g/mol. The van der Waals surface area contributed by atoms with Crippen molar-refractivity contribution >= 4 is 15.9 Å². The summed E-state index contributed by atoms with van der Waals surface area (Å²) in [5.41, 5.74) is 1.40. The summed E-state index contributed by atoms with van der Waals surface area (Å²) in [6, 6.07) is 9.20. The van der Waals surface area contributed by atoms with Gasteiger partial charge in [-0.1, -0.05) is 35.0 Å². The Labute approximate surface area is 118 Å². The number of ether oxygens (including phenoxy) is 1. The normalized spacial score (nSPS) is 18.8. The lowest BCUT2D eigenvalue weighted by molar-refractivity contribution is 0.0536. The molecule has 0 bridgehead atoms. The molecule has 1 atom stereocenters. The third-order valence-electron chi connectivity index (χ3n) is 3.58. The molecule has 2 rings (SSSR count). The molecular weight excluding hydrogens is 290 g/mol. The van der Waals surface area contributed by atoms with E-state index in [0.717, 1.165) is 37.1 Å². The van der Waals surface area contributed by atoms with Crippen LogP contribution < -0.4 is 5.32 Å². The predicted molar refractivity (Wildman–Crippen MR) is 78.7 cm³/mol. The van der Waals surface area contributed by atoms with Crippen molar-refractivity contribution in [1.29, 1.82) is 0 Å². The zero-order chi connectivity index (χ0) is 12.8. The van der Waals surface area contributed by atoms with Gasteiger partial charge in [0.1, 0.15) is 0 Å². The summed E-state index contributed by atoms with van der Waals surface area (Å²) in [5, 5.41) is 3.70. The van der Waals surface area contributed by atoms with E-state index in [1.165, 1.54) is 12.0 Å². The first kappa shape index (κ1) is 14.0. The molecule has 1 fully saturated rings. The van der Waals surface area contributed by atoms with Gasteiger partial charge < -0.3 is 10.1 Å². The van der Waals surface area contributed by atoms with Crippen molar-refractivity contribution in [3.63, 3.8) is 0 Å². The third-order valence-corrected chi connectivity index (χ3v) is 4.11. The SMILES string of the molecule is CCCNC(c1ccc(Br)cc1)C1CCOCC1. The summed E-state index contributed by atoms with van der Waals surface area (Å²) in [6.45, 7) is 5.12. The van der Waals surface area contributed by atoms with Crippen molar-refractivity contribution < 1.29 is 4.74 Å². The van der Waals surface area contributed by atoms with Crippen LogP contribution in [-0.2, 0) is 4.74 Å². The molecule has 1 aliphatic heterocycles. The molecule has 100 valence electrons. The van der Waals surface area contributed by atoms with Crippen molar-refractivity contribution in [3.8, 4) is 0 Å². The highest BCUT2D eigenvalue weighted by molar-refractivity contribution is 9.10. The molecule has 1 saturated heterocycles. The van der Waals surface area contributed by atoms with E-state index < -0.39 is 0 Å². The van der Waals surface area contributed by atoms with Crippen LogP contribution in [0.3, 0.4) is 0 Å². The molecule has 0 aliphatic carbocycles. The summed E-state index contributed by atoms with van der Waals surface area (Å²) in [5.74, 6) is 0.700. The minimum absolute atomic E-state index is 0.474. The Morgan fingerprint density at radius 3 is 2.56 bits per heavy atom. The summed E-state index contributed by atoms with van der Waals surface area (Å²) < 4.78 is 6.62. The Morgan fingerprint density at radius 2 is 1.94 bits per heavy atom. The predicted octanol–water partition coefficient (Wildman–Crippen LogP) is 3.92. The van der Waals surface area contributed by atoms with Gasteiger partial charge in [0.05, 0.1) is 0 Å². The van der Waals surface area contributed by atoms with E-state index in [1.54, 1.807) is 0 Å². The first-order valence-electron chi connectivity index (χ1n) is 6.88. The Hall–Kier alpha value is -0.380. The number of nitrogens with one attached hydrogen (secondary N) is 1. The number of rotatable bonds is 5. The fourth-order valence-corrected chi connectivity index (χ4v) is 2.84. The van der Waals surface area contributed by atoms with Crippen molar-refractivity contribution in [2.45, 2.75) is 32.2 Å². The lowest BCUT2D eigenvalue weighted by Crippen LogP contribution is -2.32. The zero-order valence-electron chi connectivity index (χ0n) is 11.0. The molecule has 1 aromatic rings. The largest absolute Gasteiger partial charge is 0.381 e. The second-order valence-corrected chi connectivity index (χ2v) is 5.85. The topological polar surface area (TPSA) is 21.3 Å². The molecule has 1 aromatic carbocycles. The Balaban J connectivity index is 2.10. The van der Waals surface area contributed by atoms with Crippen molar-refractivity contribution in [1.82, 2.24) is 5.32 Å². The molecule has 1 aliphatic rings. The van der Waals surface area contributed by atoms with Gasteiger partial charge in [0.2, 0.25) is 0 Å². The van der Waals surface area contributed by atoms with Gasteiger partial charge in [-0.3, -0.25) is 0 Å². The standard InChI is InChI=1S/C15H22BrNO/c1-2-9-17-15(13-7-10-18-11-8-13)12-3-5-14(16)6-4-12/h3-6,13,15,17H,2,7-11H2,1H3. The number of hydrogen-bond donors (Lipinski definition) is 1. The van der Waals surface area contributed by atoms with Crippen molar-refractivity contribution in [2.24, 2.45) is 5.92 Å². The average Bonchev–Trinajstić information content (AvgIpc) is 2.42. The van der Waals surface area contributed by atoms with Gasteiger partial charge in [-0.25, -0.2) is 0 Å². The minimum atomic E-state index is 0.474. The summed E-state index contributed by atoms with van der Waals surface area (Å²) >= 11 is 3.50. The van der Waals surface area contributed by atoms with Gasteiger partial charge in [-0.2, -0.15) is 0 Å². The maximum Gasteiger partial charge on any atom is 0.0469 e. The molecule has 0 saturated carbocycles. The fourth-order valence-electron chi connectivity index (χ4n) is 2.58. The van der Waals surface area contributed by atoms with Crippen molar-refractivity contribution in [3.05, 3.63) is 34.3 Å². The highest BCUT2D eigenvalue weighted by Gasteiger charge is 2.24. The van der Waals surface area contributed by atoms with E-state index in [1.807, 2.05) is 0 Å². The summed E-state index contributed by atoms with van der Waals surface area (Å²) in [7, 11) is 0. The van der Waals surface area contributed by atoms with Gasteiger partial charge in [0.25, 0.3) is 0 Å². The van der Waals surface area contributed by atoms with Crippen LogP contribution in [0.25, 0.3) is 0 Å². The molecule has 2 nitrogen and oxygen atoms in total. The number of hydrogen-bond acceptors (Lipinski definition) is 2. The molecule has 18 heavy (non-hydrogen) atoms. The molecule has 1 heterocycles. The molecule has 0 amide bonds. The summed E-state index contributed by atoms with van der Waals surface area (Å²) in [6.07, 6.45) is 3.51. The van der Waals surface area contributed by atoms with Crippen LogP contribution in [0.2, 0.25) is 0 Å². The minimum Gasteiger partial charge on any atom is -0.381 e. The quantitative estimate of drug-likeness (QED) is 0.890. The van der Waals surface area contributed by atoms with E-state index in [-0.39, 0.29) is 0 Å². The van der Waals surface area contributed by atoms with E-state index in [0.29, 0.717) is 12.0 Å². The lowest BCUT2D eigenvalue weighted by atomic mass is 9.87. The van der Waals surface area contributed by atoms with Crippen LogP contribution in [0.5, 0.6) is 0 Å². The maximum absolute atomic E-state index is 5.47. The van der Waals surface area contributed by atoms with Crippen LogP contribution in [0, 0.1) is 5.92 Å². The van der Waals surface area contributed by atoms with E-state index >= 15 is 0 Å². The number of halogens is 1.